The molecule has 0 aliphatic carbocycles. The molecule has 0 bridgehead atoms. The van der Waals surface area contributed by atoms with Crippen LogP contribution >= 0.6 is 0 Å². The van der Waals surface area contributed by atoms with E-state index >= 15 is 0 Å². The molecule has 1 spiro atoms. The van der Waals surface area contributed by atoms with Crippen LogP contribution in [0.2, 0.25) is 0 Å². The largest absolute Gasteiger partial charge is 0.467 e. The number of hydrogen-bond acceptors (Lipinski definition) is 5. The molecule has 1 N–H and O–H groups in total. The molecule has 2 aromatic rings. The molecule has 0 radical (unpaired) electrons. The van der Waals surface area contributed by atoms with Gasteiger partial charge in [0.25, 0.3) is 5.91 Å². The van der Waals surface area contributed by atoms with Crippen molar-refractivity contribution in [2.75, 3.05) is 31.8 Å². The van der Waals surface area contributed by atoms with Gasteiger partial charge in [0.15, 0.2) is 6.04 Å². The summed E-state index contributed by atoms with van der Waals surface area (Å²) in [7, 11) is 1.31. The van der Waals surface area contributed by atoms with E-state index in [1.807, 2.05) is 53.4 Å². The second-order valence-corrected chi connectivity index (χ2v) is 7.82. The summed E-state index contributed by atoms with van der Waals surface area (Å²) >= 11 is 0. The fourth-order valence-electron chi connectivity index (χ4n) is 4.61. The first-order chi connectivity index (χ1) is 15.0. The number of para-hydroxylation sites is 1. The number of likely N-dealkylation sites (tertiary alicyclic amines) is 1. The number of amides is 2. The van der Waals surface area contributed by atoms with Gasteiger partial charge < -0.3 is 24.5 Å². The van der Waals surface area contributed by atoms with Crippen LogP contribution in [-0.2, 0) is 14.3 Å². The molecule has 162 valence electrons. The van der Waals surface area contributed by atoms with Gasteiger partial charge in [0.1, 0.15) is 5.54 Å². The van der Waals surface area contributed by atoms with Crippen molar-refractivity contribution >= 4 is 23.7 Å². The normalized spacial score (nSPS) is 18.9. The lowest BCUT2D eigenvalue weighted by Gasteiger charge is -2.42. The number of methoxy groups -OCH3 is 1. The van der Waals surface area contributed by atoms with Gasteiger partial charge >= 0.3 is 12.1 Å². The van der Waals surface area contributed by atoms with Crippen molar-refractivity contribution in [1.82, 2.24) is 9.80 Å². The Morgan fingerprint density at radius 1 is 1.00 bits per heavy atom. The van der Waals surface area contributed by atoms with Gasteiger partial charge in [-0.3, -0.25) is 4.79 Å². The number of carboxylic acid groups (broad SMARTS) is 1. The number of anilines is 1. The number of nitrogens with zero attached hydrogens (tertiary/aromatic N) is 3. The highest BCUT2D eigenvalue weighted by Gasteiger charge is 2.56. The quantitative estimate of drug-likeness (QED) is 0.761. The molecule has 2 heterocycles. The zero-order chi connectivity index (χ0) is 22.0. The molecule has 0 saturated carbocycles. The molecule has 1 atom stereocenters. The minimum atomic E-state index is -0.986. The van der Waals surface area contributed by atoms with Crippen molar-refractivity contribution in [2.45, 2.75) is 24.4 Å². The number of ether oxygens (including phenoxy) is 1. The third-order valence-corrected chi connectivity index (χ3v) is 6.25. The monoisotopic (exact) mass is 423 g/mol. The molecule has 2 aliphatic heterocycles. The minimum Gasteiger partial charge on any atom is -0.467 e. The maximum atomic E-state index is 13.9. The average Bonchev–Trinajstić information content (AvgIpc) is 3.07. The second kappa shape index (κ2) is 8.29. The van der Waals surface area contributed by atoms with Crippen molar-refractivity contribution in [1.29, 1.82) is 0 Å². The molecule has 2 fully saturated rings. The standard InChI is InChI=1S/C23H25N3O5/c1-31-20(27)19(17-8-4-2-5-9-17)25-16-26(18-10-6-3-7-11-18)23(21(25)28)12-14-24(15-13-23)22(29)30/h2-11,19H,12-16H2,1H3,(H,29,30). The van der Waals surface area contributed by atoms with Gasteiger partial charge in [-0.1, -0.05) is 48.5 Å². The predicted octanol–water partition coefficient (Wildman–Crippen LogP) is 2.72. The summed E-state index contributed by atoms with van der Waals surface area (Å²) < 4.78 is 5.06. The second-order valence-electron chi connectivity index (χ2n) is 7.82. The molecule has 8 nitrogen and oxygen atoms in total. The van der Waals surface area contributed by atoms with Crippen LogP contribution in [0.25, 0.3) is 0 Å². The maximum absolute atomic E-state index is 13.9. The molecule has 0 aromatic heterocycles. The predicted molar refractivity (Wildman–Crippen MR) is 113 cm³/mol. The Morgan fingerprint density at radius 3 is 2.13 bits per heavy atom. The Morgan fingerprint density at radius 2 is 1.58 bits per heavy atom. The fraction of sp³-hybridized carbons (Fsp3) is 0.348. The van der Waals surface area contributed by atoms with Gasteiger partial charge in [0, 0.05) is 18.8 Å². The van der Waals surface area contributed by atoms with E-state index in [1.165, 1.54) is 12.0 Å². The molecular weight excluding hydrogens is 398 g/mol. The van der Waals surface area contributed by atoms with Crippen LogP contribution in [0.1, 0.15) is 24.4 Å². The molecule has 2 aromatic carbocycles. The van der Waals surface area contributed by atoms with Crippen molar-refractivity contribution in [3.63, 3.8) is 0 Å². The lowest BCUT2D eigenvalue weighted by atomic mass is 9.85. The Kier molecular flexibility index (Phi) is 5.54. The molecule has 2 saturated heterocycles. The molecule has 4 rings (SSSR count). The summed E-state index contributed by atoms with van der Waals surface area (Å²) in [6.07, 6.45) is -0.279. The molecule has 1 unspecified atom stereocenters. The fourth-order valence-corrected chi connectivity index (χ4v) is 4.61. The van der Waals surface area contributed by atoms with Gasteiger partial charge in [-0.05, 0) is 30.5 Å². The Labute approximate surface area is 180 Å². The van der Waals surface area contributed by atoms with E-state index in [2.05, 4.69) is 0 Å². The van der Waals surface area contributed by atoms with Crippen LogP contribution in [0.4, 0.5) is 10.5 Å². The summed E-state index contributed by atoms with van der Waals surface area (Å²) in [5, 5.41) is 9.37. The minimum absolute atomic E-state index is 0.180. The van der Waals surface area contributed by atoms with Gasteiger partial charge in [0.05, 0.1) is 13.8 Å². The molecule has 2 amide bonds. The van der Waals surface area contributed by atoms with Gasteiger partial charge in [-0.2, -0.15) is 0 Å². The van der Waals surface area contributed by atoms with Crippen LogP contribution in [-0.4, -0.2) is 65.3 Å². The third-order valence-electron chi connectivity index (χ3n) is 6.25. The zero-order valence-electron chi connectivity index (χ0n) is 17.3. The first-order valence-corrected chi connectivity index (χ1v) is 10.2. The topological polar surface area (TPSA) is 90.4 Å². The highest BCUT2D eigenvalue weighted by Crippen LogP contribution is 2.42. The maximum Gasteiger partial charge on any atom is 0.407 e. The number of hydrogen-bond donors (Lipinski definition) is 1. The molecule has 8 heteroatoms. The van der Waals surface area contributed by atoms with E-state index in [0.29, 0.717) is 18.4 Å². The average molecular weight is 423 g/mol. The number of carbonyl (C=O) groups is 3. The van der Waals surface area contributed by atoms with Crippen LogP contribution in [0.3, 0.4) is 0 Å². The van der Waals surface area contributed by atoms with Gasteiger partial charge in [-0.15, -0.1) is 0 Å². The highest BCUT2D eigenvalue weighted by atomic mass is 16.5. The van der Waals surface area contributed by atoms with Crippen LogP contribution in [0.15, 0.2) is 60.7 Å². The molecule has 2 aliphatic rings. The van der Waals surface area contributed by atoms with Gasteiger partial charge in [-0.25, -0.2) is 9.59 Å². The number of benzene rings is 2. The first-order valence-electron chi connectivity index (χ1n) is 10.2. The molecule has 31 heavy (non-hydrogen) atoms. The summed E-state index contributed by atoms with van der Waals surface area (Å²) in [6, 6.07) is 17.8. The summed E-state index contributed by atoms with van der Waals surface area (Å²) in [5.41, 5.74) is 0.628. The number of carbonyl (C=O) groups excluding carboxylic acids is 2. The smallest absolute Gasteiger partial charge is 0.407 e. The van der Waals surface area contributed by atoms with Gasteiger partial charge in [0.2, 0.25) is 0 Å². The van der Waals surface area contributed by atoms with E-state index in [-0.39, 0.29) is 25.7 Å². The number of esters is 1. The first kappa shape index (κ1) is 20.7. The van der Waals surface area contributed by atoms with Crippen molar-refractivity contribution in [3.05, 3.63) is 66.2 Å². The SMILES string of the molecule is COC(=O)C(c1ccccc1)N1CN(c2ccccc2)C2(CCN(C(=O)O)CC2)C1=O. The number of piperidine rings is 1. The summed E-state index contributed by atoms with van der Waals surface area (Å²) in [5.74, 6) is -0.687. The Balaban J connectivity index is 1.75. The zero-order valence-corrected chi connectivity index (χ0v) is 17.3. The van der Waals surface area contributed by atoms with Crippen LogP contribution < -0.4 is 4.90 Å². The summed E-state index contributed by atoms with van der Waals surface area (Å²) in [6.45, 7) is 0.726. The van der Waals surface area contributed by atoms with E-state index in [9.17, 15) is 19.5 Å². The van der Waals surface area contributed by atoms with Crippen molar-refractivity contribution in [3.8, 4) is 0 Å². The lowest BCUT2D eigenvalue weighted by Crippen LogP contribution is -2.57. The lowest BCUT2D eigenvalue weighted by molar-refractivity contribution is -0.152. The van der Waals surface area contributed by atoms with Crippen molar-refractivity contribution in [2.24, 2.45) is 0 Å². The van der Waals surface area contributed by atoms with E-state index in [4.69, 9.17) is 4.74 Å². The van der Waals surface area contributed by atoms with Crippen molar-refractivity contribution < 1.29 is 24.2 Å². The van der Waals surface area contributed by atoms with E-state index < -0.39 is 23.6 Å². The van der Waals surface area contributed by atoms with Crippen LogP contribution in [0.5, 0.6) is 0 Å². The highest BCUT2D eigenvalue weighted by molar-refractivity contribution is 5.97. The Bertz CT molecular complexity index is 958. The summed E-state index contributed by atoms with van der Waals surface area (Å²) in [4.78, 5) is 43.0. The third kappa shape index (κ3) is 3.58. The van der Waals surface area contributed by atoms with E-state index in [1.54, 1.807) is 17.0 Å². The molecular formula is C23H25N3O5. The number of rotatable bonds is 4. The van der Waals surface area contributed by atoms with Crippen LogP contribution in [0, 0.1) is 0 Å². The Hall–Kier alpha value is -3.55. The van der Waals surface area contributed by atoms with E-state index in [0.717, 1.165) is 5.69 Å².